The fourth-order valence-corrected chi connectivity index (χ4v) is 6.89. The number of sulfonamides is 1. The number of hydrogen-bond acceptors (Lipinski definition) is 6. The van der Waals surface area contributed by atoms with Crippen molar-refractivity contribution in [2.75, 3.05) is 16.2 Å². The van der Waals surface area contributed by atoms with Crippen LogP contribution < -0.4 is 14.4 Å². The smallest absolute Gasteiger partial charge is 0.264 e. The van der Waals surface area contributed by atoms with E-state index in [0.717, 1.165) is 46.0 Å². The van der Waals surface area contributed by atoms with Crippen LogP contribution in [0.1, 0.15) is 27.2 Å². The van der Waals surface area contributed by atoms with Crippen molar-refractivity contribution in [3.8, 4) is 17.0 Å². The topological polar surface area (TPSA) is 88.6 Å². The Morgan fingerprint density at radius 2 is 1.77 bits per heavy atom. The molecule has 0 saturated carbocycles. The van der Waals surface area contributed by atoms with E-state index < -0.39 is 10.0 Å². The molecule has 176 valence electrons. The molecule has 1 aromatic heterocycles. The molecule has 0 radical (unpaired) electrons. The molecule has 0 saturated heterocycles. The highest BCUT2D eigenvalue weighted by Gasteiger charge is 2.29. The van der Waals surface area contributed by atoms with Gasteiger partial charge in [0, 0.05) is 17.7 Å². The fraction of sp³-hybridized carbons (Fsp3) is 0.154. The predicted molar refractivity (Wildman–Crippen MR) is 136 cm³/mol. The molecule has 1 N–H and O–H groups in total. The van der Waals surface area contributed by atoms with E-state index in [1.54, 1.807) is 0 Å². The Morgan fingerprint density at radius 3 is 2.63 bits per heavy atom. The van der Waals surface area contributed by atoms with Gasteiger partial charge in [-0.25, -0.2) is 13.4 Å². The second kappa shape index (κ2) is 8.51. The summed E-state index contributed by atoms with van der Waals surface area (Å²) in [6.45, 7) is 0.842. The summed E-state index contributed by atoms with van der Waals surface area (Å²) < 4.78 is 33.9. The van der Waals surface area contributed by atoms with Crippen LogP contribution in [0.5, 0.6) is 5.75 Å². The van der Waals surface area contributed by atoms with Crippen molar-refractivity contribution in [2.24, 2.45) is 0 Å². The number of nitrogens with zero attached hydrogens (tertiary/aromatic N) is 2. The molecule has 4 aromatic rings. The van der Waals surface area contributed by atoms with Gasteiger partial charge in [0.1, 0.15) is 12.4 Å². The van der Waals surface area contributed by atoms with E-state index in [9.17, 15) is 13.2 Å². The Labute approximate surface area is 207 Å². The van der Waals surface area contributed by atoms with Gasteiger partial charge in [-0.1, -0.05) is 41.7 Å². The zero-order chi connectivity index (χ0) is 24.0. The minimum atomic E-state index is -3.73. The van der Waals surface area contributed by atoms with Gasteiger partial charge in [-0.2, -0.15) is 0 Å². The number of anilines is 2. The number of fused-ring (bicyclic) bond motifs is 4. The number of para-hydroxylation sites is 2. The summed E-state index contributed by atoms with van der Waals surface area (Å²) in [5.74, 6) is 0.425. The zero-order valence-corrected chi connectivity index (χ0v) is 20.2. The first-order valence-electron chi connectivity index (χ1n) is 11.2. The summed E-state index contributed by atoms with van der Waals surface area (Å²) in [4.78, 5) is 18.6. The summed E-state index contributed by atoms with van der Waals surface area (Å²) in [5, 5.41) is 3.31. The van der Waals surface area contributed by atoms with Gasteiger partial charge in [0.05, 0.1) is 21.2 Å². The number of aryl methyl sites for hydroxylation is 1. The molecule has 3 aromatic carbocycles. The molecular formula is C26H21N3O4S2. The van der Waals surface area contributed by atoms with Crippen LogP contribution >= 0.6 is 11.3 Å². The third-order valence-electron chi connectivity index (χ3n) is 6.19. The van der Waals surface area contributed by atoms with Crippen molar-refractivity contribution in [3.63, 3.8) is 0 Å². The van der Waals surface area contributed by atoms with Gasteiger partial charge in [-0.05, 0) is 60.9 Å². The molecule has 0 atom stereocenters. The molecule has 0 unspecified atom stereocenters. The average Bonchev–Trinajstić information content (AvgIpc) is 3.31. The van der Waals surface area contributed by atoms with E-state index in [1.165, 1.54) is 39.9 Å². The van der Waals surface area contributed by atoms with Gasteiger partial charge in [0.25, 0.3) is 15.9 Å². The van der Waals surface area contributed by atoms with Crippen LogP contribution in [0.25, 0.3) is 11.3 Å². The first-order valence-corrected chi connectivity index (χ1v) is 13.5. The first-order chi connectivity index (χ1) is 17.0. The molecule has 0 fully saturated rings. The van der Waals surface area contributed by atoms with E-state index in [4.69, 9.17) is 4.74 Å². The maximum Gasteiger partial charge on any atom is 0.264 e. The number of aromatic nitrogens is 1. The molecular weight excluding hydrogens is 482 g/mol. The minimum absolute atomic E-state index is 0.157. The highest BCUT2D eigenvalue weighted by atomic mass is 32.2. The highest BCUT2D eigenvalue weighted by molar-refractivity contribution is 7.92. The predicted octanol–water partition coefficient (Wildman–Crippen LogP) is 5.10. The number of carbonyl (C=O) groups is 1. The molecule has 9 heteroatoms. The van der Waals surface area contributed by atoms with Crippen LogP contribution in [-0.2, 0) is 23.1 Å². The number of amides is 1. The van der Waals surface area contributed by atoms with E-state index in [-0.39, 0.29) is 10.8 Å². The molecule has 7 nitrogen and oxygen atoms in total. The van der Waals surface area contributed by atoms with E-state index in [2.05, 4.69) is 10.3 Å². The second-order valence-electron chi connectivity index (χ2n) is 8.36. The minimum Gasteiger partial charge on any atom is -0.487 e. The van der Waals surface area contributed by atoms with Crippen molar-refractivity contribution in [1.82, 2.24) is 4.98 Å². The molecule has 35 heavy (non-hydrogen) atoms. The second-order valence-corrected chi connectivity index (χ2v) is 11.3. The van der Waals surface area contributed by atoms with Crippen LogP contribution in [0.2, 0.25) is 0 Å². The summed E-state index contributed by atoms with van der Waals surface area (Å²) in [5.41, 5.74) is 3.82. The normalized spacial score (nSPS) is 14.3. The fourth-order valence-electron chi connectivity index (χ4n) is 4.47. The number of ether oxygens (including phenoxy) is 1. The molecule has 0 spiro atoms. The maximum absolute atomic E-state index is 13.3. The lowest BCUT2D eigenvalue weighted by atomic mass is 10.0. The molecule has 3 heterocycles. The van der Waals surface area contributed by atoms with Crippen molar-refractivity contribution < 1.29 is 17.9 Å². The van der Waals surface area contributed by atoms with Crippen LogP contribution in [0.4, 0.5) is 10.8 Å². The standard InChI is InChI=1S/C26H21N3O4S2/c30-25(28-26-27-24-20-8-2-4-10-22(20)33-16-23(24)34-26)18-11-13-19(14-12-18)35(31,32)29-15-5-7-17-6-1-3-9-21(17)29/h1-4,6,8-14H,5,7,15-16H2,(H,27,28,30). The molecule has 0 aliphatic carbocycles. The van der Waals surface area contributed by atoms with E-state index in [0.29, 0.717) is 23.8 Å². The third kappa shape index (κ3) is 3.86. The molecule has 1 amide bonds. The monoisotopic (exact) mass is 503 g/mol. The van der Waals surface area contributed by atoms with Gasteiger partial charge < -0.3 is 4.74 Å². The summed E-state index contributed by atoms with van der Waals surface area (Å²) in [6, 6.07) is 21.3. The van der Waals surface area contributed by atoms with Crippen LogP contribution in [0, 0.1) is 0 Å². The molecule has 2 aliphatic rings. The highest BCUT2D eigenvalue weighted by Crippen LogP contribution is 2.40. The summed E-state index contributed by atoms with van der Waals surface area (Å²) >= 11 is 1.37. The van der Waals surface area contributed by atoms with Gasteiger partial charge in [-0.15, -0.1) is 0 Å². The number of rotatable bonds is 4. The van der Waals surface area contributed by atoms with Crippen LogP contribution in [-0.4, -0.2) is 25.9 Å². The van der Waals surface area contributed by atoms with Crippen molar-refractivity contribution in [1.29, 1.82) is 0 Å². The van der Waals surface area contributed by atoms with Gasteiger partial charge in [0.2, 0.25) is 0 Å². The maximum atomic E-state index is 13.3. The Balaban J connectivity index is 1.22. The third-order valence-corrected chi connectivity index (χ3v) is 8.96. The summed E-state index contributed by atoms with van der Waals surface area (Å²) in [7, 11) is -3.73. The Bertz CT molecular complexity index is 1550. The van der Waals surface area contributed by atoms with Crippen molar-refractivity contribution in [3.05, 3.63) is 88.8 Å². The Hall–Kier alpha value is -3.69. The Morgan fingerprint density at radius 1 is 1.00 bits per heavy atom. The van der Waals surface area contributed by atoms with Crippen LogP contribution in [0.15, 0.2) is 77.7 Å². The largest absolute Gasteiger partial charge is 0.487 e. The average molecular weight is 504 g/mol. The lowest BCUT2D eigenvalue weighted by Gasteiger charge is -2.30. The lowest BCUT2D eigenvalue weighted by Crippen LogP contribution is -2.35. The first kappa shape index (κ1) is 21.8. The van der Waals surface area contributed by atoms with Gasteiger partial charge >= 0.3 is 0 Å². The molecule has 6 rings (SSSR count). The number of hydrogen-bond donors (Lipinski definition) is 1. The lowest BCUT2D eigenvalue weighted by molar-refractivity contribution is 0.102. The Kier molecular flexibility index (Phi) is 5.31. The van der Waals surface area contributed by atoms with E-state index >= 15 is 0 Å². The zero-order valence-electron chi connectivity index (χ0n) is 18.6. The summed E-state index contributed by atoms with van der Waals surface area (Å²) in [6.07, 6.45) is 1.63. The van der Waals surface area contributed by atoms with Crippen LogP contribution in [0.3, 0.4) is 0 Å². The number of benzene rings is 3. The van der Waals surface area contributed by atoms with E-state index in [1.807, 2.05) is 48.5 Å². The van der Waals surface area contributed by atoms with Gasteiger partial charge in [-0.3, -0.25) is 14.4 Å². The quantitative estimate of drug-likeness (QED) is 0.419. The number of nitrogens with one attached hydrogen (secondary N) is 1. The molecule has 0 bridgehead atoms. The SMILES string of the molecule is O=C(Nc1nc2c(s1)COc1ccccc1-2)c1ccc(S(=O)(=O)N2CCCc3ccccc32)cc1. The number of thiazole rings is 1. The van der Waals surface area contributed by atoms with Crippen molar-refractivity contribution in [2.45, 2.75) is 24.3 Å². The molecule has 2 aliphatic heterocycles. The van der Waals surface area contributed by atoms with Gasteiger partial charge in [0.15, 0.2) is 5.13 Å². The van der Waals surface area contributed by atoms with Crippen molar-refractivity contribution >= 4 is 38.1 Å². The number of carbonyl (C=O) groups excluding carboxylic acids is 1.